The highest BCUT2D eigenvalue weighted by Crippen LogP contribution is 2.36. The third-order valence-electron chi connectivity index (χ3n) is 3.24. The molecular weight excluding hydrogens is 289 g/mol. The van der Waals surface area contributed by atoms with Crippen LogP contribution in [0.5, 0.6) is 17.2 Å². The van der Waals surface area contributed by atoms with E-state index in [1.54, 1.807) is 6.07 Å². The Morgan fingerprint density at radius 1 is 1.00 bits per heavy atom. The molecule has 0 atom stereocenters. The van der Waals surface area contributed by atoms with Crippen LogP contribution in [-0.2, 0) is 0 Å². The largest absolute Gasteiger partial charge is 0.494 e. The van der Waals surface area contributed by atoms with Crippen molar-refractivity contribution in [3.63, 3.8) is 0 Å². The zero-order valence-corrected chi connectivity index (χ0v) is 12.5. The number of nitrogen functional groups attached to an aromatic ring is 1. The van der Waals surface area contributed by atoms with Crippen LogP contribution in [0.4, 0.5) is 10.1 Å². The SMILES string of the molecule is COc1ccc(C(=O)c2ccc(OC)c(N)c2OC)cc1F. The summed E-state index contributed by atoms with van der Waals surface area (Å²) in [6.45, 7) is 0. The fourth-order valence-electron chi connectivity index (χ4n) is 2.12. The van der Waals surface area contributed by atoms with Gasteiger partial charge >= 0.3 is 0 Å². The molecule has 6 heteroatoms. The molecular formula is C16H16FNO4. The summed E-state index contributed by atoms with van der Waals surface area (Å²) >= 11 is 0. The molecule has 0 saturated heterocycles. The highest BCUT2D eigenvalue weighted by atomic mass is 19.1. The van der Waals surface area contributed by atoms with Crippen LogP contribution in [0.15, 0.2) is 30.3 Å². The average molecular weight is 305 g/mol. The van der Waals surface area contributed by atoms with Crippen LogP contribution in [0, 0.1) is 5.82 Å². The van der Waals surface area contributed by atoms with Gasteiger partial charge in [-0.15, -0.1) is 0 Å². The van der Waals surface area contributed by atoms with Crippen LogP contribution < -0.4 is 19.9 Å². The van der Waals surface area contributed by atoms with E-state index < -0.39 is 11.6 Å². The smallest absolute Gasteiger partial charge is 0.196 e. The van der Waals surface area contributed by atoms with E-state index in [0.717, 1.165) is 6.07 Å². The van der Waals surface area contributed by atoms with Gasteiger partial charge < -0.3 is 19.9 Å². The highest BCUT2D eigenvalue weighted by molar-refractivity contribution is 6.12. The summed E-state index contributed by atoms with van der Waals surface area (Å²) in [5, 5.41) is 0. The first kappa shape index (κ1) is 15.6. The van der Waals surface area contributed by atoms with E-state index in [9.17, 15) is 9.18 Å². The summed E-state index contributed by atoms with van der Waals surface area (Å²) in [6.07, 6.45) is 0. The average Bonchev–Trinajstić information content (AvgIpc) is 2.53. The zero-order valence-electron chi connectivity index (χ0n) is 12.5. The standard InChI is InChI=1S/C16H16FNO4/c1-20-12-6-4-9(8-11(12)17)15(19)10-5-7-13(21-2)14(18)16(10)22-3/h4-8H,18H2,1-3H3. The Morgan fingerprint density at radius 2 is 1.64 bits per heavy atom. The Balaban J connectivity index is 2.50. The quantitative estimate of drug-likeness (QED) is 0.679. The van der Waals surface area contributed by atoms with E-state index in [4.69, 9.17) is 19.9 Å². The first-order valence-electron chi connectivity index (χ1n) is 6.42. The molecule has 0 radical (unpaired) electrons. The number of anilines is 1. The predicted molar refractivity (Wildman–Crippen MR) is 80.3 cm³/mol. The maximum atomic E-state index is 13.8. The molecule has 0 aliphatic rings. The molecule has 0 unspecified atom stereocenters. The number of carbonyl (C=O) groups excluding carboxylic acids is 1. The topological polar surface area (TPSA) is 70.8 Å². The monoisotopic (exact) mass is 305 g/mol. The van der Waals surface area contributed by atoms with Crippen molar-refractivity contribution in [2.24, 2.45) is 0 Å². The number of ether oxygens (including phenoxy) is 3. The molecule has 0 aromatic heterocycles. The Morgan fingerprint density at radius 3 is 2.18 bits per heavy atom. The van der Waals surface area contributed by atoms with Crippen molar-refractivity contribution < 1.29 is 23.4 Å². The first-order valence-corrected chi connectivity index (χ1v) is 6.42. The summed E-state index contributed by atoms with van der Waals surface area (Å²) in [7, 11) is 4.22. The van der Waals surface area contributed by atoms with Crippen molar-refractivity contribution in [2.75, 3.05) is 27.1 Å². The van der Waals surface area contributed by atoms with Gasteiger partial charge in [-0.25, -0.2) is 4.39 Å². The maximum Gasteiger partial charge on any atom is 0.196 e. The Hall–Kier alpha value is -2.76. The van der Waals surface area contributed by atoms with Crippen molar-refractivity contribution >= 4 is 11.5 Å². The second-order valence-electron chi connectivity index (χ2n) is 4.44. The summed E-state index contributed by atoms with van der Waals surface area (Å²) in [5.74, 6) is -0.366. The van der Waals surface area contributed by atoms with E-state index in [-0.39, 0.29) is 28.3 Å². The van der Waals surface area contributed by atoms with Gasteiger partial charge in [0.25, 0.3) is 0 Å². The molecule has 0 bridgehead atoms. The summed E-state index contributed by atoms with van der Waals surface area (Å²) < 4.78 is 28.9. The number of nitrogens with two attached hydrogens (primary N) is 1. The highest BCUT2D eigenvalue weighted by Gasteiger charge is 2.20. The molecule has 0 fully saturated rings. The normalized spacial score (nSPS) is 10.2. The first-order chi connectivity index (χ1) is 10.5. The van der Waals surface area contributed by atoms with Gasteiger partial charge in [-0.05, 0) is 30.3 Å². The third-order valence-corrected chi connectivity index (χ3v) is 3.24. The van der Waals surface area contributed by atoms with Gasteiger partial charge in [-0.2, -0.15) is 0 Å². The molecule has 0 aliphatic carbocycles. The molecule has 5 nitrogen and oxygen atoms in total. The van der Waals surface area contributed by atoms with Gasteiger partial charge in [0.2, 0.25) is 0 Å². The van der Waals surface area contributed by atoms with E-state index in [1.165, 1.54) is 39.5 Å². The van der Waals surface area contributed by atoms with Gasteiger partial charge in [-0.1, -0.05) is 0 Å². The lowest BCUT2D eigenvalue weighted by Gasteiger charge is -2.13. The predicted octanol–water partition coefficient (Wildman–Crippen LogP) is 2.66. The van der Waals surface area contributed by atoms with Crippen LogP contribution >= 0.6 is 0 Å². The number of benzene rings is 2. The minimum absolute atomic E-state index is 0.0674. The maximum absolute atomic E-state index is 13.8. The second kappa shape index (κ2) is 6.34. The van der Waals surface area contributed by atoms with E-state index in [0.29, 0.717) is 5.75 Å². The number of carbonyl (C=O) groups is 1. The van der Waals surface area contributed by atoms with Crippen molar-refractivity contribution in [3.8, 4) is 17.2 Å². The Labute approximate surface area is 127 Å². The lowest BCUT2D eigenvalue weighted by atomic mass is 10.0. The molecule has 0 aliphatic heterocycles. The fraction of sp³-hybridized carbons (Fsp3) is 0.188. The molecule has 2 rings (SSSR count). The number of methoxy groups -OCH3 is 3. The number of hydrogen-bond acceptors (Lipinski definition) is 5. The van der Waals surface area contributed by atoms with E-state index >= 15 is 0 Å². The fourth-order valence-corrected chi connectivity index (χ4v) is 2.12. The molecule has 2 N–H and O–H groups in total. The molecule has 0 spiro atoms. The van der Waals surface area contributed by atoms with E-state index in [1.807, 2.05) is 0 Å². The lowest BCUT2D eigenvalue weighted by molar-refractivity contribution is 0.103. The van der Waals surface area contributed by atoms with Gasteiger partial charge in [-0.3, -0.25) is 4.79 Å². The molecule has 116 valence electrons. The van der Waals surface area contributed by atoms with Crippen LogP contribution in [0.1, 0.15) is 15.9 Å². The molecule has 22 heavy (non-hydrogen) atoms. The molecule has 0 amide bonds. The van der Waals surface area contributed by atoms with Gasteiger partial charge in [0.1, 0.15) is 11.4 Å². The van der Waals surface area contributed by atoms with Gasteiger partial charge in [0, 0.05) is 5.56 Å². The van der Waals surface area contributed by atoms with Crippen LogP contribution in [0.3, 0.4) is 0 Å². The second-order valence-corrected chi connectivity index (χ2v) is 4.44. The van der Waals surface area contributed by atoms with Crippen molar-refractivity contribution in [1.29, 1.82) is 0 Å². The minimum atomic E-state index is -0.617. The van der Waals surface area contributed by atoms with Crippen LogP contribution in [0.2, 0.25) is 0 Å². The van der Waals surface area contributed by atoms with Gasteiger partial charge in [0.15, 0.2) is 23.1 Å². The molecule has 2 aromatic rings. The minimum Gasteiger partial charge on any atom is -0.494 e. The summed E-state index contributed by atoms with van der Waals surface area (Å²) in [6, 6.07) is 7.07. The molecule has 0 heterocycles. The zero-order chi connectivity index (χ0) is 16.3. The van der Waals surface area contributed by atoms with Gasteiger partial charge in [0.05, 0.1) is 26.9 Å². The number of rotatable bonds is 5. The number of hydrogen-bond donors (Lipinski definition) is 1. The number of halogens is 1. The Bertz CT molecular complexity index is 716. The third kappa shape index (κ3) is 2.67. The lowest BCUT2D eigenvalue weighted by Crippen LogP contribution is -2.07. The summed E-state index contributed by atoms with van der Waals surface area (Å²) in [5.41, 5.74) is 6.51. The van der Waals surface area contributed by atoms with Crippen molar-refractivity contribution in [3.05, 3.63) is 47.3 Å². The van der Waals surface area contributed by atoms with Crippen LogP contribution in [-0.4, -0.2) is 27.1 Å². The summed E-state index contributed by atoms with van der Waals surface area (Å²) in [4.78, 5) is 12.5. The van der Waals surface area contributed by atoms with Crippen molar-refractivity contribution in [1.82, 2.24) is 0 Å². The number of ketones is 1. The molecule has 2 aromatic carbocycles. The molecule has 0 saturated carbocycles. The Kier molecular flexibility index (Phi) is 4.50. The van der Waals surface area contributed by atoms with E-state index in [2.05, 4.69) is 0 Å². The van der Waals surface area contributed by atoms with Crippen molar-refractivity contribution in [2.45, 2.75) is 0 Å². The van der Waals surface area contributed by atoms with Crippen LogP contribution in [0.25, 0.3) is 0 Å².